The number of hydrogen-bond acceptors (Lipinski definition) is 3. The average molecular weight is 388 g/mol. The maximum atomic E-state index is 12.7. The second-order valence-corrected chi connectivity index (χ2v) is 6.54. The van der Waals surface area contributed by atoms with Gasteiger partial charge in [-0.1, -0.05) is 55.5 Å². The van der Waals surface area contributed by atoms with E-state index in [2.05, 4.69) is 10.6 Å². The van der Waals surface area contributed by atoms with Gasteiger partial charge in [-0.05, 0) is 42.3 Å². The van der Waals surface area contributed by atoms with Crippen molar-refractivity contribution in [3.8, 4) is 5.75 Å². The molecule has 0 bridgehead atoms. The van der Waals surface area contributed by atoms with Gasteiger partial charge in [0.15, 0.2) is 0 Å². The number of carbonyl (C=O) groups is 2. The highest BCUT2D eigenvalue weighted by Gasteiger charge is 2.14. The second kappa shape index (κ2) is 10.1. The number of ether oxygens (including phenoxy) is 1. The quantitative estimate of drug-likeness (QED) is 0.590. The van der Waals surface area contributed by atoms with Crippen LogP contribution in [-0.2, 0) is 6.54 Å². The van der Waals surface area contributed by atoms with Gasteiger partial charge in [-0.2, -0.15) is 0 Å². The first-order chi connectivity index (χ1) is 14.2. The van der Waals surface area contributed by atoms with Crippen molar-refractivity contribution in [3.05, 3.63) is 95.6 Å². The number of carbonyl (C=O) groups excluding carboxylic acids is 2. The monoisotopic (exact) mass is 388 g/mol. The molecular formula is C24H24N2O3. The highest BCUT2D eigenvalue weighted by Crippen LogP contribution is 2.19. The van der Waals surface area contributed by atoms with Crippen molar-refractivity contribution in [2.45, 2.75) is 19.9 Å². The first-order valence-corrected chi connectivity index (χ1v) is 9.62. The predicted molar refractivity (Wildman–Crippen MR) is 114 cm³/mol. The fraction of sp³-hybridized carbons (Fsp3) is 0.167. The molecule has 0 aliphatic carbocycles. The largest absolute Gasteiger partial charge is 0.494 e. The van der Waals surface area contributed by atoms with Gasteiger partial charge in [-0.15, -0.1) is 0 Å². The van der Waals surface area contributed by atoms with Crippen LogP contribution in [0.5, 0.6) is 5.75 Å². The van der Waals surface area contributed by atoms with Crippen LogP contribution in [-0.4, -0.2) is 18.4 Å². The van der Waals surface area contributed by atoms with Crippen LogP contribution in [0.25, 0.3) is 0 Å². The van der Waals surface area contributed by atoms with Gasteiger partial charge in [0.2, 0.25) is 0 Å². The predicted octanol–water partition coefficient (Wildman–Crippen LogP) is 4.66. The minimum Gasteiger partial charge on any atom is -0.494 e. The van der Waals surface area contributed by atoms with E-state index in [0.717, 1.165) is 12.0 Å². The Hall–Kier alpha value is -3.60. The van der Waals surface area contributed by atoms with Crippen LogP contribution in [0.3, 0.4) is 0 Å². The van der Waals surface area contributed by atoms with Gasteiger partial charge >= 0.3 is 0 Å². The number of hydrogen-bond donors (Lipinski definition) is 2. The molecule has 0 saturated heterocycles. The summed E-state index contributed by atoms with van der Waals surface area (Å²) in [7, 11) is 0. The summed E-state index contributed by atoms with van der Waals surface area (Å²) in [6, 6.07) is 23.6. The van der Waals surface area contributed by atoms with E-state index < -0.39 is 0 Å². The van der Waals surface area contributed by atoms with Crippen molar-refractivity contribution in [3.63, 3.8) is 0 Å². The van der Waals surface area contributed by atoms with Crippen LogP contribution in [0.4, 0.5) is 5.69 Å². The molecule has 3 rings (SSSR count). The Kier molecular flexibility index (Phi) is 7.00. The van der Waals surface area contributed by atoms with Gasteiger partial charge in [-0.3, -0.25) is 9.59 Å². The van der Waals surface area contributed by atoms with Gasteiger partial charge in [0.1, 0.15) is 5.75 Å². The fourth-order valence-corrected chi connectivity index (χ4v) is 2.81. The molecule has 0 unspecified atom stereocenters. The molecule has 5 nitrogen and oxygen atoms in total. The zero-order chi connectivity index (χ0) is 20.5. The van der Waals surface area contributed by atoms with Gasteiger partial charge < -0.3 is 15.4 Å². The molecule has 2 N–H and O–H groups in total. The van der Waals surface area contributed by atoms with Crippen molar-refractivity contribution in [1.82, 2.24) is 5.32 Å². The number of para-hydroxylation sites is 1. The van der Waals surface area contributed by atoms with Crippen LogP contribution < -0.4 is 15.4 Å². The lowest BCUT2D eigenvalue weighted by molar-refractivity contribution is 0.0952. The maximum absolute atomic E-state index is 12.7. The molecule has 0 radical (unpaired) electrons. The van der Waals surface area contributed by atoms with E-state index in [1.165, 1.54) is 0 Å². The van der Waals surface area contributed by atoms with E-state index in [1.54, 1.807) is 42.5 Å². The average Bonchev–Trinajstić information content (AvgIpc) is 2.77. The molecule has 0 fully saturated rings. The Morgan fingerprint density at radius 1 is 0.862 bits per heavy atom. The molecule has 3 aromatic carbocycles. The van der Waals surface area contributed by atoms with Crippen molar-refractivity contribution in [1.29, 1.82) is 0 Å². The summed E-state index contributed by atoms with van der Waals surface area (Å²) in [5.74, 6) is 0.105. The molecule has 3 aromatic rings. The van der Waals surface area contributed by atoms with Crippen LogP contribution in [0, 0.1) is 0 Å². The third-order valence-electron chi connectivity index (χ3n) is 4.28. The smallest absolute Gasteiger partial charge is 0.255 e. The Morgan fingerprint density at radius 3 is 2.41 bits per heavy atom. The maximum Gasteiger partial charge on any atom is 0.255 e. The summed E-state index contributed by atoms with van der Waals surface area (Å²) in [4.78, 5) is 25.3. The summed E-state index contributed by atoms with van der Waals surface area (Å²) in [6.07, 6.45) is 0.891. The van der Waals surface area contributed by atoms with E-state index in [4.69, 9.17) is 4.74 Å². The van der Waals surface area contributed by atoms with Crippen LogP contribution in [0.15, 0.2) is 78.9 Å². The number of anilines is 1. The molecule has 2 amide bonds. The van der Waals surface area contributed by atoms with E-state index in [0.29, 0.717) is 35.7 Å². The molecule has 0 aromatic heterocycles. The summed E-state index contributed by atoms with van der Waals surface area (Å²) in [5.41, 5.74) is 2.35. The molecule has 29 heavy (non-hydrogen) atoms. The van der Waals surface area contributed by atoms with E-state index in [9.17, 15) is 9.59 Å². The summed E-state index contributed by atoms with van der Waals surface area (Å²) in [5, 5.41) is 5.72. The number of rotatable bonds is 8. The third kappa shape index (κ3) is 5.69. The van der Waals surface area contributed by atoms with Crippen LogP contribution in [0.2, 0.25) is 0 Å². The van der Waals surface area contributed by atoms with Gasteiger partial charge in [0, 0.05) is 12.1 Å². The topological polar surface area (TPSA) is 67.4 Å². The molecule has 148 valence electrons. The first-order valence-electron chi connectivity index (χ1n) is 9.62. The summed E-state index contributed by atoms with van der Waals surface area (Å²) < 4.78 is 5.59. The van der Waals surface area contributed by atoms with Crippen LogP contribution in [0.1, 0.15) is 39.6 Å². The molecule has 0 atom stereocenters. The van der Waals surface area contributed by atoms with Gasteiger partial charge in [0.05, 0.1) is 17.9 Å². The van der Waals surface area contributed by atoms with Gasteiger partial charge in [0.25, 0.3) is 11.8 Å². The lowest BCUT2D eigenvalue weighted by Gasteiger charge is -2.12. The Labute approximate surface area is 170 Å². The molecule has 0 heterocycles. The number of benzene rings is 3. The van der Waals surface area contributed by atoms with E-state index in [1.807, 2.05) is 43.3 Å². The minimum absolute atomic E-state index is 0.246. The highest BCUT2D eigenvalue weighted by atomic mass is 16.5. The Morgan fingerprint density at radius 2 is 1.62 bits per heavy atom. The van der Waals surface area contributed by atoms with Crippen LogP contribution >= 0.6 is 0 Å². The molecule has 0 spiro atoms. The number of amides is 2. The SMILES string of the molecule is CCCOc1cccc(C(=O)Nc2ccccc2C(=O)NCc2ccccc2)c1. The van der Waals surface area contributed by atoms with Gasteiger partial charge in [-0.25, -0.2) is 0 Å². The lowest BCUT2D eigenvalue weighted by Crippen LogP contribution is -2.24. The fourth-order valence-electron chi connectivity index (χ4n) is 2.81. The Balaban J connectivity index is 1.70. The zero-order valence-corrected chi connectivity index (χ0v) is 16.4. The lowest BCUT2D eigenvalue weighted by atomic mass is 10.1. The van der Waals surface area contributed by atoms with Crippen molar-refractivity contribution in [2.24, 2.45) is 0 Å². The normalized spacial score (nSPS) is 10.2. The second-order valence-electron chi connectivity index (χ2n) is 6.54. The third-order valence-corrected chi connectivity index (χ3v) is 4.28. The van der Waals surface area contributed by atoms with Crippen molar-refractivity contribution >= 4 is 17.5 Å². The standard InChI is InChI=1S/C24H24N2O3/c1-2-15-29-20-12-8-11-19(16-20)23(27)26-22-14-7-6-13-21(22)24(28)25-17-18-9-4-3-5-10-18/h3-14,16H,2,15,17H2,1H3,(H,25,28)(H,26,27). The summed E-state index contributed by atoms with van der Waals surface area (Å²) >= 11 is 0. The molecule has 5 heteroatoms. The highest BCUT2D eigenvalue weighted by molar-refractivity contribution is 6.09. The van der Waals surface area contributed by atoms with Crippen molar-refractivity contribution < 1.29 is 14.3 Å². The summed E-state index contributed by atoms with van der Waals surface area (Å²) in [6.45, 7) is 3.03. The molecule has 0 aliphatic rings. The zero-order valence-electron chi connectivity index (χ0n) is 16.4. The molecule has 0 aliphatic heterocycles. The Bertz CT molecular complexity index is 971. The van der Waals surface area contributed by atoms with Crippen molar-refractivity contribution in [2.75, 3.05) is 11.9 Å². The molecular weight excluding hydrogens is 364 g/mol. The van der Waals surface area contributed by atoms with E-state index >= 15 is 0 Å². The minimum atomic E-state index is -0.296. The first kappa shape index (κ1) is 20.1. The molecule has 0 saturated carbocycles. The van der Waals surface area contributed by atoms with E-state index in [-0.39, 0.29) is 11.8 Å². The number of nitrogens with one attached hydrogen (secondary N) is 2.